The average molecular weight is 431 g/mol. The van der Waals surface area contributed by atoms with Gasteiger partial charge in [-0.05, 0) is 26.3 Å². The van der Waals surface area contributed by atoms with E-state index in [0.29, 0.717) is 18.8 Å². The Kier molecular flexibility index (Phi) is 13.0. The summed E-state index contributed by atoms with van der Waals surface area (Å²) in [4.78, 5) is 56.5. The molecule has 8 N–H and O–H groups in total. The third kappa shape index (κ3) is 12.9. The molecule has 0 aromatic heterocycles. The minimum Gasteiger partial charge on any atom is -0.481 e. The minimum atomic E-state index is -1.48. The largest absolute Gasteiger partial charge is 0.481 e. The molecular formula is C17H29N5O8. The first kappa shape index (κ1) is 26.6. The van der Waals surface area contributed by atoms with E-state index in [1.165, 1.54) is 0 Å². The first-order valence-electron chi connectivity index (χ1n) is 9.14. The van der Waals surface area contributed by atoms with Crippen LogP contribution in [0.2, 0.25) is 0 Å². The number of allylic oxidation sites excluding steroid dienone is 1. The number of nitrogens with one attached hydrogen (secondary N) is 5. The Hall–Kier alpha value is -3.35. The molecule has 30 heavy (non-hydrogen) atoms. The fourth-order valence-corrected chi connectivity index (χ4v) is 2.14. The van der Waals surface area contributed by atoms with Crippen LogP contribution in [-0.2, 0) is 19.2 Å². The molecule has 13 nitrogen and oxygen atoms in total. The molecule has 0 heterocycles. The van der Waals surface area contributed by atoms with Crippen molar-refractivity contribution in [1.82, 2.24) is 26.6 Å². The van der Waals surface area contributed by atoms with Gasteiger partial charge in [-0.15, -0.1) is 0 Å². The Labute approximate surface area is 173 Å². The normalized spacial score (nSPS) is 12.2. The van der Waals surface area contributed by atoms with Gasteiger partial charge >= 0.3 is 23.9 Å². The van der Waals surface area contributed by atoms with Gasteiger partial charge in [0.15, 0.2) is 0 Å². The lowest BCUT2D eigenvalue weighted by molar-refractivity contribution is -0.140. The molecule has 0 spiro atoms. The molecule has 0 aromatic carbocycles. The highest BCUT2D eigenvalue weighted by Gasteiger charge is 2.24. The number of hydrogen-bond donors (Lipinski definition) is 8. The fourth-order valence-electron chi connectivity index (χ4n) is 2.14. The topological polar surface area (TPSA) is 206 Å². The minimum absolute atomic E-state index is 0.0436. The van der Waals surface area contributed by atoms with Crippen LogP contribution in [0.5, 0.6) is 0 Å². The smallest absolute Gasteiger partial charge is 0.326 e. The van der Waals surface area contributed by atoms with Gasteiger partial charge in [-0.25, -0.2) is 14.4 Å². The molecule has 0 aliphatic heterocycles. The maximum absolute atomic E-state index is 11.9. The monoisotopic (exact) mass is 431 g/mol. The van der Waals surface area contributed by atoms with Gasteiger partial charge in [0.2, 0.25) is 5.91 Å². The molecule has 0 saturated carbocycles. The quantitative estimate of drug-likeness (QED) is 0.130. The molecule has 0 bridgehead atoms. The van der Waals surface area contributed by atoms with E-state index in [1.54, 1.807) is 7.05 Å². The van der Waals surface area contributed by atoms with Gasteiger partial charge < -0.3 is 41.9 Å². The van der Waals surface area contributed by atoms with E-state index in [2.05, 4.69) is 27.8 Å². The van der Waals surface area contributed by atoms with E-state index in [4.69, 9.17) is 10.2 Å². The van der Waals surface area contributed by atoms with Crippen molar-refractivity contribution in [2.45, 2.75) is 37.8 Å². The highest BCUT2D eigenvalue weighted by atomic mass is 16.4. The fraction of sp³-hybridized carbons (Fsp3) is 0.588. The van der Waals surface area contributed by atoms with E-state index in [9.17, 15) is 29.1 Å². The van der Waals surface area contributed by atoms with Gasteiger partial charge in [-0.1, -0.05) is 6.58 Å². The maximum atomic E-state index is 11.9. The van der Waals surface area contributed by atoms with Crippen molar-refractivity contribution in [2.75, 3.05) is 26.7 Å². The van der Waals surface area contributed by atoms with Crippen molar-refractivity contribution in [1.29, 1.82) is 0 Å². The molecule has 3 amide bonds. The van der Waals surface area contributed by atoms with E-state index >= 15 is 0 Å². The van der Waals surface area contributed by atoms with Gasteiger partial charge in [0, 0.05) is 25.2 Å². The van der Waals surface area contributed by atoms with Crippen molar-refractivity contribution in [3.05, 3.63) is 12.3 Å². The summed E-state index contributed by atoms with van der Waals surface area (Å²) >= 11 is 0. The van der Waals surface area contributed by atoms with Crippen LogP contribution in [0.1, 0.15) is 25.7 Å². The van der Waals surface area contributed by atoms with Gasteiger partial charge in [0.1, 0.15) is 12.1 Å². The van der Waals surface area contributed by atoms with Gasteiger partial charge in [-0.2, -0.15) is 0 Å². The van der Waals surface area contributed by atoms with E-state index in [1.807, 2.05) is 5.32 Å². The third-order valence-electron chi connectivity index (χ3n) is 3.78. The molecule has 0 saturated heterocycles. The lowest BCUT2D eigenvalue weighted by Gasteiger charge is -2.19. The van der Waals surface area contributed by atoms with E-state index < -0.39 is 42.4 Å². The van der Waals surface area contributed by atoms with E-state index in [-0.39, 0.29) is 31.7 Å². The summed E-state index contributed by atoms with van der Waals surface area (Å²) in [6.07, 6.45) is -0.772. The maximum Gasteiger partial charge on any atom is 0.326 e. The number of carbonyl (C=O) groups excluding carboxylic acids is 2. The Bertz CT molecular complexity index is 640. The zero-order valence-corrected chi connectivity index (χ0v) is 16.7. The number of carboxylic acid groups (broad SMARTS) is 3. The number of likely N-dealkylation sites (N-methyl/N-ethyl adjacent to an activating group) is 1. The number of carbonyl (C=O) groups is 5. The third-order valence-corrected chi connectivity index (χ3v) is 3.78. The van der Waals surface area contributed by atoms with Gasteiger partial charge in [0.05, 0.1) is 6.54 Å². The van der Waals surface area contributed by atoms with Crippen LogP contribution in [-0.4, -0.2) is 83.9 Å². The second-order valence-corrected chi connectivity index (χ2v) is 6.28. The van der Waals surface area contributed by atoms with Crippen LogP contribution in [0, 0.1) is 0 Å². The number of hydrogen-bond acceptors (Lipinski definition) is 7. The number of carboxylic acids is 3. The summed E-state index contributed by atoms with van der Waals surface area (Å²) < 4.78 is 0. The van der Waals surface area contributed by atoms with Crippen molar-refractivity contribution in [2.24, 2.45) is 0 Å². The molecule has 0 aliphatic carbocycles. The Morgan fingerprint density at radius 1 is 0.833 bits per heavy atom. The van der Waals surface area contributed by atoms with Crippen molar-refractivity contribution < 1.29 is 39.3 Å². The molecule has 13 heteroatoms. The Morgan fingerprint density at radius 3 is 1.83 bits per heavy atom. The zero-order valence-electron chi connectivity index (χ0n) is 16.7. The predicted molar refractivity (Wildman–Crippen MR) is 105 cm³/mol. The molecule has 0 fully saturated rings. The van der Waals surface area contributed by atoms with Gasteiger partial charge in [0.25, 0.3) is 0 Å². The zero-order chi connectivity index (χ0) is 23.1. The summed E-state index contributed by atoms with van der Waals surface area (Å²) in [7, 11) is 1.75. The van der Waals surface area contributed by atoms with Gasteiger partial charge in [-0.3, -0.25) is 9.59 Å². The Balaban J connectivity index is 4.48. The summed E-state index contributed by atoms with van der Waals surface area (Å²) in [5.74, 6) is -4.28. The highest BCUT2D eigenvalue weighted by Crippen LogP contribution is 2.04. The van der Waals surface area contributed by atoms with Crippen molar-refractivity contribution in [3.8, 4) is 0 Å². The van der Waals surface area contributed by atoms with Crippen molar-refractivity contribution in [3.63, 3.8) is 0 Å². The summed E-state index contributed by atoms with van der Waals surface area (Å²) in [5, 5.41) is 39.3. The molecule has 0 rings (SSSR count). The first-order chi connectivity index (χ1) is 14.1. The van der Waals surface area contributed by atoms with Crippen LogP contribution < -0.4 is 26.6 Å². The lowest BCUT2D eigenvalue weighted by atomic mass is 10.1. The number of aliphatic carboxylic acids is 3. The second kappa shape index (κ2) is 14.6. The van der Waals surface area contributed by atoms with Crippen molar-refractivity contribution >= 4 is 29.8 Å². The predicted octanol–water partition coefficient (Wildman–Crippen LogP) is -1.72. The standard InChI is InChI=1S/C17H29N5O8/c1-10(20-9-13(23)19-8-7-18-2)3-4-11(15(26)27)21-17(30)22-12(16(28)29)5-6-14(24)25/h11-12,18,20H,1,3-9H2,2H3,(H,19,23)(H,24,25)(H,26,27)(H,28,29)(H2,21,22,30). The molecule has 2 atom stereocenters. The molecular weight excluding hydrogens is 402 g/mol. The van der Waals surface area contributed by atoms with Crippen LogP contribution in [0.3, 0.4) is 0 Å². The van der Waals surface area contributed by atoms with Crippen LogP contribution in [0.4, 0.5) is 4.79 Å². The van der Waals surface area contributed by atoms with Crippen LogP contribution in [0.25, 0.3) is 0 Å². The SMILES string of the molecule is C=C(CCC(NC(=O)NC(CCC(=O)O)C(=O)O)C(=O)O)NCC(=O)NCCNC. The first-order valence-corrected chi connectivity index (χ1v) is 9.14. The average Bonchev–Trinajstić information content (AvgIpc) is 2.66. The second-order valence-electron chi connectivity index (χ2n) is 6.28. The highest BCUT2D eigenvalue weighted by molar-refractivity contribution is 5.86. The molecule has 2 unspecified atom stereocenters. The van der Waals surface area contributed by atoms with Crippen LogP contribution in [0.15, 0.2) is 12.3 Å². The summed E-state index contributed by atoms with van der Waals surface area (Å²) in [5.41, 5.74) is 0.386. The molecule has 0 radical (unpaired) electrons. The number of amides is 3. The lowest BCUT2D eigenvalue weighted by Crippen LogP contribution is -2.51. The molecule has 0 aliphatic rings. The number of rotatable bonds is 16. The summed E-state index contributed by atoms with van der Waals surface area (Å²) in [6.45, 7) is 4.71. The summed E-state index contributed by atoms with van der Waals surface area (Å²) in [6, 6.07) is -3.88. The Morgan fingerprint density at radius 2 is 1.37 bits per heavy atom. The van der Waals surface area contributed by atoms with Crippen LogP contribution >= 0.6 is 0 Å². The molecule has 0 aromatic rings. The molecule has 170 valence electrons. The number of urea groups is 1. The van der Waals surface area contributed by atoms with E-state index in [0.717, 1.165) is 0 Å².